The van der Waals surface area contributed by atoms with Gasteiger partial charge >= 0.3 is 0 Å². The number of aliphatic hydroxyl groups excluding tert-OH is 1. The minimum absolute atomic E-state index is 0.0105. The number of H-pyrrole nitrogens is 1. The van der Waals surface area contributed by atoms with E-state index in [0.717, 1.165) is 0 Å². The van der Waals surface area contributed by atoms with Crippen molar-refractivity contribution in [3.63, 3.8) is 0 Å². The lowest BCUT2D eigenvalue weighted by Crippen LogP contribution is -2.25. The number of carbonyl (C=O) groups is 1. The molecule has 5 nitrogen and oxygen atoms in total. The highest BCUT2D eigenvalue weighted by molar-refractivity contribution is 5.95. The van der Waals surface area contributed by atoms with Gasteiger partial charge in [-0.05, 0) is 12.1 Å². The van der Waals surface area contributed by atoms with E-state index >= 15 is 0 Å². The molecule has 1 aromatic heterocycles. The normalized spacial score (nSPS) is 18.8. The third kappa shape index (κ3) is 2.30. The molecule has 2 aromatic rings. The molecule has 104 valence electrons. The van der Waals surface area contributed by atoms with Crippen LogP contribution in [0.3, 0.4) is 0 Å². The molecule has 1 aromatic carbocycles. The minimum atomic E-state index is -0.323. The summed E-state index contributed by atoms with van der Waals surface area (Å²) in [6, 6.07) is 7.87. The summed E-state index contributed by atoms with van der Waals surface area (Å²) in [7, 11) is 0. The molecule has 6 heteroatoms. The van der Waals surface area contributed by atoms with Gasteiger partial charge in [-0.25, -0.2) is 4.39 Å². The quantitative estimate of drug-likeness (QED) is 0.893. The second-order valence-corrected chi connectivity index (χ2v) is 4.91. The molecule has 1 saturated heterocycles. The van der Waals surface area contributed by atoms with E-state index in [0.29, 0.717) is 30.0 Å². The first-order valence-electron chi connectivity index (χ1n) is 6.40. The number of anilines is 1. The molecule has 3 rings (SSSR count). The molecular weight excluding hydrogens is 261 g/mol. The maximum absolute atomic E-state index is 13.2. The van der Waals surface area contributed by atoms with Gasteiger partial charge in [-0.2, -0.15) is 5.10 Å². The summed E-state index contributed by atoms with van der Waals surface area (Å²) in [6.45, 7) is 0.451. The monoisotopic (exact) mass is 275 g/mol. The van der Waals surface area contributed by atoms with Crippen LogP contribution >= 0.6 is 0 Å². The molecule has 1 amide bonds. The third-order valence-electron chi connectivity index (χ3n) is 3.44. The first kappa shape index (κ1) is 12.8. The number of rotatable bonds is 3. The Morgan fingerprint density at radius 3 is 3.00 bits per heavy atom. The molecule has 20 heavy (non-hydrogen) atoms. The number of hydrogen-bond acceptors (Lipinski definition) is 3. The molecule has 1 unspecified atom stereocenters. The van der Waals surface area contributed by atoms with E-state index < -0.39 is 0 Å². The smallest absolute Gasteiger partial charge is 0.228 e. The van der Waals surface area contributed by atoms with Gasteiger partial charge in [0.05, 0.1) is 5.69 Å². The number of amides is 1. The lowest BCUT2D eigenvalue weighted by Gasteiger charge is -2.11. The molecule has 2 heterocycles. The highest BCUT2D eigenvalue weighted by Gasteiger charge is 2.31. The van der Waals surface area contributed by atoms with Crippen molar-refractivity contribution < 1.29 is 14.3 Å². The first-order valence-corrected chi connectivity index (χ1v) is 6.40. The fourth-order valence-corrected chi connectivity index (χ4v) is 2.38. The van der Waals surface area contributed by atoms with Crippen molar-refractivity contribution in [2.24, 2.45) is 5.92 Å². The maximum Gasteiger partial charge on any atom is 0.228 e. The van der Waals surface area contributed by atoms with Gasteiger partial charge in [-0.15, -0.1) is 0 Å². The van der Waals surface area contributed by atoms with Crippen molar-refractivity contribution in [3.8, 4) is 11.3 Å². The fourth-order valence-electron chi connectivity index (χ4n) is 2.38. The van der Waals surface area contributed by atoms with Gasteiger partial charge in [0.25, 0.3) is 0 Å². The van der Waals surface area contributed by atoms with Crippen LogP contribution in [0.1, 0.15) is 6.42 Å². The van der Waals surface area contributed by atoms with Crippen LogP contribution < -0.4 is 4.90 Å². The Labute approximate surface area is 115 Å². The zero-order chi connectivity index (χ0) is 14.1. The van der Waals surface area contributed by atoms with Crippen molar-refractivity contribution >= 4 is 11.7 Å². The van der Waals surface area contributed by atoms with E-state index in [1.165, 1.54) is 12.1 Å². The van der Waals surface area contributed by atoms with Crippen LogP contribution in [0.4, 0.5) is 10.2 Å². The molecule has 0 saturated carbocycles. The van der Waals surface area contributed by atoms with Crippen LogP contribution in [0.2, 0.25) is 0 Å². The Hall–Kier alpha value is -2.21. The fraction of sp³-hybridized carbons (Fsp3) is 0.286. The Morgan fingerprint density at radius 2 is 2.30 bits per heavy atom. The highest BCUT2D eigenvalue weighted by atomic mass is 19.1. The van der Waals surface area contributed by atoms with Gasteiger partial charge in [-0.1, -0.05) is 12.1 Å². The van der Waals surface area contributed by atoms with Crippen LogP contribution in [0.25, 0.3) is 11.3 Å². The summed E-state index contributed by atoms with van der Waals surface area (Å²) in [4.78, 5) is 13.4. The number of halogens is 1. The van der Waals surface area contributed by atoms with Gasteiger partial charge in [-0.3, -0.25) is 14.8 Å². The summed E-state index contributed by atoms with van der Waals surface area (Å²) < 4.78 is 13.2. The van der Waals surface area contributed by atoms with Crippen molar-refractivity contribution in [2.45, 2.75) is 6.42 Å². The molecule has 1 fully saturated rings. The van der Waals surface area contributed by atoms with Crippen LogP contribution in [0, 0.1) is 11.7 Å². The topological polar surface area (TPSA) is 69.2 Å². The highest BCUT2D eigenvalue weighted by Crippen LogP contribution is 2.27. The average Bonchev–Trinajstić information content (AvgIpc) is 3.05. The number of nitrogens with one attached hydrogen (secondary N) is 1. The van der Waals surface area contributed by atoms with Gasteiger partial charge in [0.1, 0.15) is 5.82 Å². The predicted molar refractivity (Wildman–Crippen MR) is 71.5 cm³/mol. The molecular formula is C14H14FN3O2. The Bertz CT molecular complexity index is 641. The number of hydrogen-bond donors (Lipinski definition) is 2. The number of carbonyl (C=O) groups excluding carboxylic acids is 1. The standard InChI is InChI=1S/C14H14FN3O2/c15-11-3-1-2-10(5-11)12-6-13(17-16-12)18-7-9(8-19)4-14(18)20/h1-3,5-6,9,19H,4,7-8H2,(H,16,17). The van der Waals surface area contributed by atoms with Crippen LogP contribution in [0.5, 0.6) is 0 Å². The van der Waals surface area contributed by atoms with E-state index in [4.69, 9.17) is 5.11 Å². The van der Waals surface area contributed by atoms with Crippen molar-refractivity contribution in [2.75, 3.05) is 18.1 Å². The number of aliphatic hydroxyl groups is 1. The number of aromatic nitrogens is 2. The zero-order valence-electron chi connectivity index (χ0n) is 10.7. The van der Waals surface area contributed by atoms with Crippen molar-refractivity contribution in [1.82, 2.24) is 10.2 Å². The lowest BCUT2D eigenvalue weighted by atomic mass is 10.1. The number of benzene rings is 1. The van der Waals surface area contributed by atoms with Gasteiger partial charge in [0.2, 0.25) is 5.91 Å². The molecule has 0 radical (unpaired) electrons. The summed E-state index contributed by atoms with van der Waals surface area (Å²) in [6.07, 6.45) is 0.332. The van der Waals surface area contributed by atoms with E-state index in [1.54, 1.807) is 23.1 Å². The van der Waals surface area contributed by atoms with Crippen molar-refractivity contribution in [3.05, 3.63) is 36.1 Å². The molecule has 1 aliphatic heterocycles. The molecule has 1 atom stereocenters. The maximum atomic E-state index is 13.2. The van der Waals surface area contributed by atoms with E-state index in [-0.39, 0.29) is 24.2 Å². The molecule has 0 aliphatic carbocycles. The Balaban J connectivity index is 1.86. The summed E-state index contributed by atoms with van der Waals surface area (Å²) in [5, 5.41) is 16.0. The van der Waals surface area contributed by atoms with Gasteiger partial charge in [0.15, 0.2) is 5.82 Å². The van der Waals surface area contributed by atoms with E-state index in [9.17, 15) is 9.18 Å². The number of nitrogens with zero attached hydrogens (tertiary/aromatic N) is 2. The van der Waals surface area contributed by atoms with Crippen LogP contribution in [0.15, 0.2) is 30.3 Å². The largest absolute Gasteiger partial charge is 0.396 e. The average molecular weight is 275 g/mol. The van der Waals surface area contributed by atoms with Gasteiger partial charge in [0, 0.05) is 37.1 Å². The Kier molecular flexibility index (Phi) is 3.23. The molecule has 0 bridgehead atoms. The van der Waals surface area contributed by atoms with E-state index in [2.05, 4.69) is 10.2 Å². The molecule has 0 spiro atoms. The Morgan fingerprint density at radius 1 is 1.45 bits per heavy atom. The van der Waals surface area contributed by atoms with Gasteiger partial charge < -0.3 is 5.11 Å². The van der Waals surface area contributed by atoms with Crippen LogP contribution in [-0.4, -0.2) is 34.4 Å². The van der Waals surface area contributed by atoms with Crippen LogP contribution in [-0.2, 0) is 4.79 Å². The minimum Gasteiger partial charge on any atom is -0.396 e. The van der Waals surface area contributed by atoms with E-state index in [1.807, 2.05) is 0 Å². The van der Waals surface area contributed by atoms with Crippen molar-refractivity contribution in [1.29, 1.82) is 0 Å². The predicted octanol–water partition coefficient (Wildman–Crippen LogP) is 1.56. The zero-order valence-corrected chi connectivity index (χ0v) is 10.7. The first-order chi connectivity index (χ1) is 9.67. The molecule has 1 aliphatic rings. The summed E-state index contributed by atoms with van der Waals surface area (Å²) >= 11 is 0. The summed E-state index contributed by atoms with van der Waals surface area (Å²) in [5.41, 5.74) is 1.33. The second kappa shape index (κ2) is 5.05. The lowest BCUT2D eigenvalue weighted by molar-refractivity contribution is -0.117. The second-order valence-electron chi connectivity index (χ2n) is 4.91. The third-order valence-corrected chi connectivity index (χ3v) is 3.44. The number of aromatic amines is 1. The molecule has 2 N–H and O–H groups in total. The SMILES string of the molecule is O=C1CC(CO)CN1c1cc(-c2cccc(F)c2)[nH]n1. The summed E-state index contributed by atoms with van der Waals surface area (Å²) in [5.74, 6) is 0.0830.